The number of allylic oxidation sites excluding steroid dienone is 11. The van der Waals surface area contributed by atoms with Crippen molar-refractivity contribution in [3.63, 3.8) is 0 Å². The molecule has 0 spiro atoms. The van der Waals surface area contributed by atoms with Gasteiger partial charge in [0.05, 0.1) is 5.92 Å². The lowest BCUT2D eigenvalue weighted by Gasteiger charge is -2.08. The van der Waals surface area contributed by atoms with Crippen molar-refractivity contribution in [2.75, 3.05) is 0 Å². The van der Waals surface area contributed by atoms with Crippen LogP contribution in [0, 0.1) is 11.8 Å². The van der Waals surface area contributed by atoms with Crippen LogP contribution in [0.2, 0.25) is 0 Å². The molecular weight excluding hydrogens is 596 g/mol. The second-order valence-electron chi connectivity index (χ2n) is 12.4. The van der Waals surface area contributed by atoms with Gasteiger partial charge in [0, 0.05) is 16.7 Å². The van der Waals surface area contributed by atoms with Gasteiger partial charge in [-0.05, 0) is 101 Å². The van der Waals surface area contributed by atoms with Gasteiger partial charge >= 0.3 is 23.9 Å². The molecule has 47 heavy (non-hydrogen) atoms. The Morgan fingerprint density at radius 3 is 1.32 bits per heavy atom. The van der Waals surface area contributed by atoms with Gasteiger partial charge in [-0.3, -0.25) is 4.79 Å². The molecule has 0 heterocycles. The largest absolute Gasteiger partial charge is 0.481 e. The Hall–Kier alpha value is -4.20. The zero-order valence-corrected chi connectivity index (χ0v) is 31.4. The van der Waals surface area contributed by atoms with E-state index in [4.69, 9.17) is 20.4 Å². The molecule has 0 saturated heterocycles. The fourth-order valence-electron chi connectivity index (χ4n) is 3.05. The van der Waals surface area contributed by atoms with E-state index in [2.05, 4.69) is 6.58 Å². The Labute approximate surface area is 284 Å². The van der Waals surface area contributed by atoms with E-state index in [0.717, 1.165) is 27.9 Å². The van der Waals surface area contributed by atoms with Crippen LogP contribution in [0.5, 0.6) is 0 Å². The van der Waals surface area contributed by atoms with Crippen LogP contribution in [0.1, 0.15) is 116 Å². The summed E-state index contributed by atoms with van der Waals surface area (Å²) in [5.41, 5.74) is 7.49. The first-order valence-electron chi connectivity index (χ1n) is 15.6. The molecule has 1 unspecified atom stereocenters. The molecule has 0 aliphatic carbocycles. The van der Waals surface area contributed by atoms with Gasteiger partial charge in [-0.25, -0.2) is 14.4 Å². The quantitative estimate of drug-likeness (QED) is 0.0867. The lowest BCUT2D eigenvalue weighted by molar-refractivity contribution is -0.140. The van der Waals surface area contributed by atoms with Crippen molar-refractivity contribution in [3.8, 4) is 0 Å². The van der Waals surface area contributed by atoms with Crippen LogP contribution in [0.25, 0.3) is 0 Å². The number of hydrogen-bond acceptors (Lipinski definition) is 4. The zero-order valence-electron chi connectivity index (χ0n) is 31.4. The summed E-state index contributed by atoms with van der Waals surface area (Å²) in [4.78, 5) is 42.4. The highest BCUT2D eigenvalue weighted by molar-refractivity contribution is 5.88. The smallest absolute Gasteiger partial charge is 0.331 e. The monoisotopic (exact) mass is 658 g/mol. The molecule has 266 valence electrons. The van der Waals surface area contributed by atoms with Crippen LogP contribution in [0.4, 0.5) is 0 Å². The molecule has 0 aromatic heterocycles. The number of carboxylic acid groups (broad SMARTS) is 4. The molecule has 1 atom stereocenters. The van der Waals surface area contributed by atoms with Crippen molar-refractivity contribution in [2.24, 2.45) is 11.8 Å². The summed E-state index contributed by atoms with van der Waals surface area (Å²) >= 11 is 0. The number of carboxylic acids is 4. The molecule has 0 aliphatic heterocycles. The van der Waals surface area contributed by atoms with Gasteiger partial charge in [0.2, 0.25) is 0 Å². The first-order chi connectivity index (χ1) is 21.4. The van der Waals surface area contributed by atoms with E-state index >= 15 is 0 Å². The van der Waals surface area contributed by atoms with Gasteiger partial charge in [0.1, 0.15) is 0 Å². The zero-order chi connectivity index (χ0) is 38.0. The maximum Gasteiger partial charge on any atom is 0.331 e. The minimum absolute atomic E-state index is 0.0677. The van der Waals surface area contributed by atoms with Crippen molar-refractivity contribution in [1.29, 1.82) is 0 Å². The van der Waals surface area contributed by atoms with E-state index in [0.29, 0.717) is 41.6 Å². The summed E-state index contributed by atoms with van der Waals surface area (Å²) < 4.78 is 0. The maximum atomic E-state index is 10.7. The summed E-state index contributed by atoms with van der Waals surface area (Å²) in [5, 5.41) is 34.9. The molecule has 0 aliphatic rings. The molecule has 0 rings (SSSR count). The molecule has 8 heteroatoms. The van der Waals surface area contributed by atoms with Gasteiger partial charge in [0.15, 0.2) is 0 Å². The third-order valence-corrected chi connectivity index (χ3v) is 5.97. The highest BCUT2D eigenvalue weighted by atomic mass is 16.4. The van der Waals surface area contributed by atoms with Gasteiger partial charge < -0.3 is 20.4 Å². The average Bonchev–Trinajstić information content (AvgIpc) is 2.88. The van der Waals surface area contributed by atoms with E-state index in [1.54, 1.807) is 19.1 Å². The third-order valence-electron chi connectivity index (χ3n) is 5.97. The standard InChI is InChI=1S/3C10H16O2.C9H14O2/c3*1-7(2)5-6-9(8(3)4)10(11)12;1-4-8(9(10)11)6-5-7(2)3/h5H,6H2,1-4H3,(H,11,12);5-6,8H,1-4H3,(H,11,12);5,9H,3,6H2,1-2,4H3,(H,11,12);5-6H,4H2,1-3H3,(H,10,11)/b;9-6+;;8-6-. The van der Waals surface area contributed by atoms with E-state index in [9.17, 15) is 19.2 Å². The minimum atomic E-state index is -0.831. The molecule has 0 aromatic rings. The predicted octanol–water partition coefficient (Wildman–Crippen LogP) is 10.4. The first-order valence-corrected chi connectivity index (χ1v) is 15.6. The van der Waals surface area contributed by atoms with E-state index < -0.39 is 29.8 Å². The lowest BCUT2D eigenvalue weighted by Crippen LogP contribution is -2.13. The van der Waals surface area contributed by atoms with Crippen molar-refractivity contribution in [2.45, 2.75) is 116 Å². The third kappa shape index (κ3) is 31.6. The average molecular weight is 659 g/mol. The Balaban J connectivity index is -0.000000262. The summed E-state index contributed by atoms with van der Waals surface area (Å²) in [6.45, 7) is 30.2. The molecule has 0 aromatic carbocycles. The predicted molar refractivity (Wildman–Crippen MR) is 195 cm³/mol. The van der Waals surface area contributed by atoms with Gasteiger partial charge in [-0.2, -0.15) is 0 Å². The Kier molecular flexibility index (Phi) is 29.7. The number of hydrogen-bond donors (Lipinski definition) is 4. The van der Waals surface area contributed by atoms with Crippen molar-refractivity contribution in [3.05, 3.63) is 93.2 Å². The summed E-state index contributed by atoms with van der Waals surface area (Å²) in [5.74, 6) is -3.63. The molecule has 0 amide bonds. The van der Waals surface area contributed by atoms with Crippen molar-refractivity contribution < 1.29 is 39.6 Å². The molecule has 4 N–H and O–H groups in total. The summed E-state index contributed by atoms with van der Waals surface area (Å²) in [6.07, 6.45) is 12.5. The minimum Gasteiger partial charge on any atom is -0.481 e. The number of carbonyl (C=O) groups is 4. The first kappa shape index (κ1) is 49.7. The molecule has 0 fully saturated rings. The summed E-state index contributed by atoms with van der Waals surface area (Å²) in [7, 11) is 0. The van der Waals surface area contributed by atoms with E-state index in [-0.39, 0.29) is 5.92 Å². The topological polar surface area (TPSA) is 149 Å². The van der Waals surface area contributed by atoms with Crippen molar-refractivity contribution in [1.82, 2.24) is 0 Å². The van der Waals surface area contributed by atoms with Crippen molar-refractivity contribution >= 4 is 23.9 Å². The Morgan fingerprint density at radius 1 is 0.617 bits per heavy atom. The second kappa shape index (κ2) is 28.1. The Morgan fingerprint density at radius 2 is 1.06 bits per heavy atom. The molecule has 0 saturated carbocycles. The Bertz CT molecular complexity index is 1230. The fourth-order valence-corrected chi connectivity index (χ4v) is 3.05. The maximum absolute atomic E-state index is 10.7. The van der Waals surface area contributed by atoms with E-state index in [1.807, 2.05) is 114 Å². The summed E-state index contributed by atoms with van der Waals surface area (Å²) in [6, 6.07) is 0. The SMILES string of the molecule is C=C(C)C(CC=C(C)C)C(=O)O.CC(C)=C/C=C(/C(=O)O)C(C)C.CC(C)=CCC(C(=O)O)=C(C)C.CC/C(=C/C=C(C)C)C(=O)O. The van der Waals surface area contributed by atoms with Crippen LogP contribution in [0.3, 0.4) is 0 Å². The second-order valence-corrected chi connectivity index (χ2v) is 12.4. The van der Waals surface area contributed by atoms with Crippen LogP contribution in [-0.4, -0.2) is 44.3 Å². The highest BCUT2D eigenvalue weighted by Crippen LogP contribution is 2.15. The molecule has 0 radical (unpaired) electrons. The van der Waals surface area contributed by atoms with Crippen LogP contribution < -0.4 is 0 Å². The van der Waals surface area contributed by atoms with Gasteiger partial charge in [-0.15, -0.1) is 0 Å². The van der Waals surface area contributed by atoms with Gasteiger partial charge in [0.25, 0.3) is 0 Å². The van der Waals surface area contributed by atoms with Crippen LogP contribution in [-0.2, 0) is 19.2 Å². The van der Waals surface area contributed by atoms with Gasteiger partial charge in [-0.1, -0.05) is 97.2 Å². The molecule has 0 bridgehead atoms. The molecular formula is C39H62O8. The van der Waals surface area contributed by atoms with Crippen LogP contribution >= 0.6 is 0 Å². The lowest BCUT2D eigenvalue weighted by atomic mass is 9.97. The number of rotatable bonds is 13. The fraction of sp³-hybridized carbons (Fsp3) is 0.487. The highest BCUT2D eigenvalue weighted by Gasteiger charge is 2.16. The van der Waals surface area contributed by atoms with E-state index in [1.165, 1.54) is 0 Å². The normalized spacial score (nSPS) is 10.9. The molecule has 8 nitrogen and oxygen atoms in total. The number of aliphatic carboxylic acids is 4. The van der Waals surface area contributed by atoms with Crippen LogP contribution in [0.15, 0.2) is 93.2 Å².